The Morgan fingerprint density at radius 2 is 1.79 bits per heavy atom. The lowest BCUT2D eigenvalue weighted by Crippen LogP contribution is -2.35. The molecular weight excluding hydrogens is 369 g/mol. The number of hydrazine groups is 1. The molecule has 3 heterocycles. The Labute approximate surface area is 166 Å². The van der Waals surface area contributed by atoms with Crippen LogP contribution in [0.4, 0.5) is 15.8 Å². The van der Waals surface area contributed by atoms with Crippen molar-refractivity contribution in [2.24, 2.45) is 9.98 Å². The Morgan fingerprint density at radius 3 is 2.59 bits per heavy atom. The van der Waals surface area contributed by atoms with Gasteiger partial charge in [0.25, 0.3) is 5.91 Å². The predicted molar refractivity (Wildman–Crippen MR) is 109 cm³/mol. The first-order valence-electron chi connectivity index (χ1n) is 9.18. The van der Waals surface area contributed by atoms with Crippen molar-refractivity contribution in [3.63, 3.8) is 0 Å². The van der Waals surface area contributed by atoms with Gasteiger partial charge in [-0.1, -0.05) is 6.07 Å². The Kier molecular flexibility index (Phi) is 4.13. The molecule has 2 N–H and O–H groups in total. The number of amides is 1. The predicted octanol–water partition coefficient (Wildman–Crippen LogP) is 3.34. The number of anilines is 1. The third kappa shape index (κ3) is 3.27. The van der Waals surface area contributed by atoms with Gasteiger partial charge in [-0.05, 0) is 53.6 Å². The van der Waals surface area contributed by atoms with Gasteiger partial charge in [0.1, 0.15) is 11.5 Å². The quantitative estimate of drug-likeness (QED) is 0.676. The zero-order chi connectivity index (χ0) is 19.8. The number of fused-ring (bicyclic) bond motifs is 2. The molecule has 0 unspecified atom stereocenters. The van der Waals surface area contributed by atoms with Crippen molar-refractivity contribution in [1.29, 1.82) is 0 Å². The number of carbonyl (C=O) groups is 1. The average molecular weight is 385 g/mol. The third-order valence-corrected chi connectivity index (χ3v) is 4.96. The number of halogens is 1. The first kappa shape index (κ1) is 17.2. The highest BCUT2D eigenvalue weighted by molar-refractivity contribution is 6.41. The van der Waals surface area contributed by atoms with Gasteiger partial charge in [0.15, 0.2) is 0 Å². The minimum Gasteiger partial charge on any atom is -0.298 e. The van der Waals surface area contributed by atoms with Gasteiger partial charge in [-0.2, -0.15) is 0 Å². The van der Waals surface area contributed by atoms with Crippen LogP contribution < -0.4 is 10.9 Å². The molecule has 0 saturated heterocycles. The van der Waals surface area contributed by atoms with Crippen molar-refractivity contribution in [2.45, 2.75) is 13.0 Å². The molecule has 2 aromatic carbocycles. The molecule has 0 bridgehead atoms. The molecule has 1 aromatic heterocycles. The van der Waals surface area contributed by atoms with Crippen molar-refractivity contribution < 1.29 is 9.18 Å². The van der Waals surface area contributed by atoms with Crippen LogP contribution in [0.3, 0.4) is 0 Å². The first-order chi connectivity index (χ1) is 14.2. The number of benzene rings is 2. The molecule has 6 nitrogen and oxygen atoms in total. The summed E-state index contributed by atoms with van der Waals surface area (Å²) >= 11 is 0. The highest BCUT2D eigenvalue weighted by Crippen LogP contribution is 2.34. The Hall–Kier alpha value is -3.87. The van der Waals surface area contributed by atoms with Crippen LogP contribution in [0.5, 0.6) is 0 Å². The summed E-state index contributed by atoms with van der Waals surface area (Å²) in [5.74, 6) is -0.645. The summed E-state index contributed by atoms with van der Waals surface area (Å²) in [6.45, 7) is 0.619. The zero-order valence-electron chi connectivity index (χ0n) is 15.3. The van der Waals surface area contributed by atoms with E-state index < -0.39 is 0 Å². The van der Waals surface area contributed by atoms with Gasteiger partial charge in [-0.25, -0.2) is 9.38 Å². The summed E-state index contributed by atoms with van der Waals surface area (Å²) in [6.07, 6.45) is 3.96. The van der Waals surface area contributed by atoms with Gasteiger partial charge in [0.05, 0.1) is 23.6 Å². The van der Waals surface area contributed by atoms with Crippen LogP contribution in [0.15, 0.2) is 70.9 Å². The van der Waals surface area contributed by atoms with Crippen molar-refractivity contribution in [3.05, 3.63) is 89.0 Å². The molecule has 0 saturated carbocycles. The van der Waals surface area contributed by atoms with Gasteiger partial charge in [0.2, 0.25) is 0 Å². The summed E-state index contributed by atoms with van der Waals surface area (Å²) in [5, 5.41) is 0. The lowest BCUT2D eigenvalue weighted by molar-refractivity contribution is -0.114. The molecule has 2 aliphatic rings. The third-order valence-electron chi connectivity index (χ3n) is 4.96. The Bertz CT molecular complexity index is 1170. The van der Waals surface area contributed by atoms with E-state index in [2.05, 4.69) is 31.9 Å². The monoisotopic (exact) mass is 385 g/mol. The number of carbonyl (C=O) groups excluding carboxylic acids is 1. The van der Waals surface area contributed by atoms with Crippen LogP contribution in [-0.4, -0.2) is 22.3 Å². The normalized spacial score (nSPS) is 14.0. The maximum Gasteiger partial charge on any atom is 0.284 e. The SMILES string of the molecule is O=C(NNc1ccc(F)cc1)C1=Nc2cc3c(cc2C1)CN=C3c1ccncc1. The van der Waals surface area contributed by atoms with Crippen LogP contribution >= 0.6 is 0 Å². The second-order valence-electron chi connectivity index (χ2n) is 6.86. The molecule has 0 aliphatic carbocycles. The van der Waals surface area contributed by atoms with E-state index in [4.69, 9.17) is 0 Å². The number of hydrogen-bond acceptors (Lipinski definition) is 5. The molecule has 7 heteroatoms. The number of nitrogens with zero attached hydrogens (tertiary/aromatic N) is 3. The van der Waals surface area contributed by atoms with E-state index in [1.807, 2.05) is 18.2 Å². The molecule has 0 radical (unpaired) electrons. The zero-order valence-corrected chi connectivity index (χ0v) is 15.3. The van der Waals surface area contributed by atoms with Crippen LogP contribution in [0.25, 0.3) is 0 Å². The number of aromatic nitrogens is 1. The van der Waals surface area contributed by atoms with E-state index in [0.717, 1.165) is 33.7 Å². The number of rotatable bonds is 4. The lowest BCUT2D eigenvalue weighted by atomic mass is 9.97. The Morgan fingerprint density at radius 1 is 1.00 bits per heavy atom. The van der Waals surface area contributed by atoms with Gasteiger partial charge in [-0.3, -0.25) is 25.6 Å². The largest absolute Gasteiger partial charge is 0.298 e. The summed E-state index contributed by atoms with van der Waals surface area (Å²) in [5.41, 5.74) is 12.3. The van der Waals surface area contributed by atoms with Crippen LogP contribution in [0.1, 0.15) is 22.3 Å². The van der Waals surface area contributed by atoms with E-state index in [-0.39, 0.29) is 11.7 Å². The topological polar surface area (TPSA) is 78.7 Å². The van der Waals surface area contributed by atoms with Crippen LogP contribution in [-0.2, 0) is 17.8 Å². The van der Waals surface area contributed by atoms with Crippen LogP contribution in [0, 0.1) is 5.82 Å². The molecule has 29 heavy (non-hydrogen) atoms. The van der Waals surface area contributed by atoms with Crippen molar-refractivity contribution in [3.8, 4) is 0 Å². The maximum atomic E-state index is 13.0. The Balaban J connectivity index is 1.34. The molecular formula is C22H16FN5O. The fraction of sp³-hybridized carbons (Fsp3) is 0.0909. The van der Waals surface area contributed by atoms with E-state index in [1.165, 1.54) is 12.1 Å². The summed E-state index contributed by atoms with van der Waals surface area (Å²) < 4.78 is 13.0. The lowest BCUT2D eigenvalue weighted by Gasteiger charge is -2.08. The van der Waals surface area contributed by atoms with E-state index in [1.54, 1.807) is 24.5 Å². The second-order valence-corrected chi connectivity index (χ2v) is 6.86. The molecule has 3 aromatic rings. The molecule has 0 fully saturated rings. The van der Waals surface area contributed by atoms with Gasteiger partial charge in [-0.15, -0.1) is 0 Å². The number of nitrogens with one attached hydrogen (secondary N) is 2. The maximum absolute atomic E-state index is 13.0. The summed E-state index contributed by atoms with van der Waals surface area (Å²) in [4.78, 5) is 25.7. The fourth-order valence-corrected chi connectivity index (χ4v) is 3.52. The van der Waals surface area contributed by atoms with Gasteiger partial charge >= 0.3 is 0 Å². The highest BCUT2D eigenvalue weighted by atomic mass is 19.1. The first-order valence-corrected chi connectivity index (χ1v) is 9.18. The smallest absolute Gasteiger partial charge is 0.284 e. The van der Waals surface area contributed by atoms with Gasteiger partial charge < -0.3 is 0 Å². The molecule has 5 rings (SSSR count). The highest BCUT2D eigenvalue weighted by Gasteiger charge is 2.25. The van der Waals surface area contributed by atoms with Crippen molar-refractivity contribution >= 4 is 28.7 Å². The van der Waals surface area contributed by atoms with E-state index in [0.29, 0.717) is 24.4 Å². The summed E-state index contributed by atoms with van der Waals surface area (Å²) in [6, 6.07) is 13.7. The minimum absolute atomic E-state index is 0.311. The molecule has 0 atom stereocenters. The second kappa shape index (κ2) is 6.94. The summed E-state index contributed by atoms with van der Waals surface area (Å²) in [7, 11) is 0. The average Bonchev–Trinajstić information content (AvgIpc) is 3.35. The molecule has 142 valence electrons. The molecule has 1 amide bonds. The van der Waals surface area contributed by atoms with E-state index in [9.17, 15) is 9.18 Å². The molecule has 2 aliphatic heterocycles. The van der Waals surface area contributed by atoms with Crippen molar-refractivity contribution in [1.82, 2.24) is 10.4 Å². The number of pyridine rings is 1. The van der Waals surface area contributed by atoms with E-state index >= 15 is 0 Å². The fourth-order valence-electron chi connectivity index (χ4n) is 3.52. The molecule has 0 spiro atoms. The standard InChI is InChI=1S/C22H16FN5O/c23-16-1-3-17(4-2-16)27-28-22(29)20-10-14-9-15-12-25-21(13-5-7-24-8-6-13)18(15)11-19(14)26-20/h1-9,11,27H,10,12H2,(H,28,29). The van der Waals surface area contributed by atoms with Crippen molar-refractivity contribution in [2.75, 3.05) is 5.43 Å². The minimum atomic E-state index is -0.333. The van der Waals surface area contributed by atoms with Gasteiger partial charge in [0, 0.05) is 29.9 Å². The number of aliphatic imine (C=N–C) groups is 2. The van der Waals surface area contributed by atoms with Crippen LogP contribution in [0.2, 0.25) is 0 Å². The number of hydrogen-bond donors (Lipinski definition) is 2.